The SMILES string of the molecule is Cc1ncc2c(n1)=C(C#N)C(=C=O)N(C1(C)CC1)C=2. The maximum absolute atomic E-state index is 11.3. The van der Waals surface area contributed by atoms with Gasteiger partial charge in [-0.1, -0.05) is 0 Å². The molecule has 0 N–H and O–H groups in total. The summed E-state index contributed by atoms with van der Waals surface area (Å²) in [5.41, 5.74) is 0.483. The van der Waals surface area contributed by atoms with Gasteiger partial charge in [-0.15, -0.1) is 0 Å². The van der Waals surface area contributed by atoms with Crippen molar-refractivity contribution in [3.8, 4) is 6.07 Å². The molecule has 0 radical (unpaired) electrons. The molecule has 0 saturated heterocycles. The monoisotopic (exact) mass is 252 g/mol. The minimum absolute atomic E-state index is 0.0859. The maximum atomic E-state index is 11.3. The van der Waals surface area contributed by atoms with Gasteiger partial charge in [0.25, 0.3) is 0 Å². The quantitative estimate of drug-likeness (QED) is 0.646. The van der Waals surface area contributed by atoms with Gasteiger partial charge in [-0.05, 0) is 26.7 Å². The van der Waals surface area contributed by atoms with E-state index in [0.717, 1.165) is 18.1 Å². The third-order valence-electron chi connectivity index (χ3n) is 3.68. The second-order valence-corrected chi connectivity index (χ2v) is 5.15. The van der Waals surface area contributed by atoms with Gasteiger partial charge in [-0.2, -0.15) is 5.26 Å². The predicted molar refractivity (Wildman–Crippen MR) is 68.2 cm³/mol. The molecule has 1 aromatic rings. The lowest BCUT2D eigenvalue weighted by Gasteiger charge is -2.29. The molecule has 0 unspecified atom stereocenters. The predicted octanol–water partition coefficient (Wildman–Crippen LogP) is -0.219. The van der Waals surface area contributed by atoms with Crippen LogP contribution in [0.4, 0.5) is 0 Å². The zero-order valence-electron chi connectivity index (χ0n) is 10.8. The number of nitriles is 1. The summed E-state index contributed by atoms with van der Waals surface area (Å²) in [5, 5.41) is 10.6. The normalized spacial score (nSPS) is 19.1. The van der Waals surface area contributed by atoms with E-state index in [1.807, 2.05) is 17.0 Å². The Labute approximate surface area is 110 Å². The van der Waals surface area contributed by atoms with E-state index in [4.69, 9.17) is 0 Å². The zero-order valence-corrected chi connectivity index (χ0v) is 10.8. The molecular formula is C14H12N4O. The van der Waals surface area contributed by atoms with E-state index in [2.05, 4.69) is 23.0 Å². The first-order chi connectivity index (χ1) is 9.09. The Morgan fingerprint density at radius 3 is 2.79 bits per heavy atom. The number of hydrogen-bond donors (Lipinski definition) is 0. The van der Waals surface area contributed by atoms with Gasteiger partial charge < -0.3 is 4.90 Å². The van der Waals surface area contributed by atoms with E-state index in [1.54, 1.807) is 13.1 Å². The molecular weight excluding hydrogens is 240 g/mol. The van der Waals surface area contributed by atoms with E-state index in [9.17, 15) is 10.1 Å². The number of nitrogens with zero attached hydrogens (tertiary/aromatic N) is 4. The summed E-state index contributed by atoms with van der Waals surface area (Å²) in [7, 11) is 0. The van der Waals surface area contributed by atoms with Gasteiger partial charge in [0.2, 0.25) is 0 Å². The van der Waals surface area contributed by atoms with E-state index in [0.29, 0.717) is 11.2 Å². The van der Waals surface area contributed by atoms with Crippen molar-refractivity contribution in [2.75, 3.05) is 0 Å². The van der Waals surface area contributed by atoms with Gasteiger partial charge in [0.05, 0.1) is 5.35 Å². The van der Waals surface area contributed by atoms with Gasteiger partial charge in [-0.3, -0.25) is 0 Å². The van der Waals surface area contributed by atoms with Crippen LogP contribution in [0.15, 0.2) is 11.9 Å². The van der Waals surface area contributed by atoms with Crippen molar-refractivity contribution < 1.29 is 4.79 Å². The molecule has 5 heteroatoms. The van der Waals surface area contributed by atoms with Crippen LogP contribution in [-0.2, 0) is 4.79 Å². The summed E-state index contributed by atoms with van der Waals surface area (Å²) >= 11 is 0. The van der Waals surface area contributed by atoms with Crippen molar-refractivity contribution in [3.05, 3.63) is 28.3 Å². The van der Waals surface area contributed by atoms with E-state index in [1.165, 1.54) is 0 Å². The van der Waals surface area contributed by atoms with E-state index in [-0.39, 0.29) is 16.8 Å². The van der Waals surface area contributed by atoms with Crippen LogP contribution in [0, 0.1) is 18.3 Å². The Hall–Kier alpha value is -2.44. The summed E-state index contributed by atoms with van der Waals surface area (Å²) in [5.74, 6) is 2.48. The van der Waals surface area contributed by atoms with E-state index < -0.39 is 0 Å². The summed E-state index contributed by atoms with van der Waals surface area (Å²) in [6, 6.07) is 2.08. The van der Waals surface area contributed by atoms with Gasteiger partial charge in [0.1, 0.15) is 23.2 Å². The highest BCUT2D eigenvalue weighted by molar-refractivity contribution is 5.86. The summed E-state index contributed by atoms with van der Waals surface area (Å²) in [6.45, 7) is 3.82. The van der Waals surface area contributed by atoms with Crippen LogP contribution in [0.25, 0.3) is 11.8 Å². The summed E-state index contributed by atoms with van der Waals surface area (Å²) < 4.78 is 0. The second-order valence-electron chi connectivity index (χ2n) is 5.15. The lowest BCUT2D eigenvalue weighted by Crippen LogP contribution is -2.43. The average molecular weight is 252 g/mol. The molecule has 1 aromatic heterocycles. The van der Waals surface area contributed by atoms with Gasteiger partial charge in [0, 0.05) is 23.2 Å². The Kier molecular flexibility index (Phi) is 2.31. The van der Waals surface area contributed by atoms with Crippen molar-refractivity contribution in [2.24, 2.45) is 0 Å². The number of carbonyl (C=O) groups excluding carboxylic acids is 1. The Morgan fingerprint density at radius 1 is 1.47 bits per heavy atom. The average Bonchev–Trinajstić information content (AvgIpc) is 3.15. The van der Waals surface area contributed by atoms with Gasteiger partial charge >= 0.3 is 0 Å². The molecule has 1 saturated carbocycles. The number of fused-ring (bicyclic) bond motifs is 1. The highest BCUT2D eigenvalue weighted by Crippen LogP contribution is 2.44. The molecule has 3 rings (SSSR count). The van der Waals surface area contributed by atoms with Crippen LogP contribution in [0.3, 0.4) is 0 Å². The molecule has 19 heavy (non-hydrogen) atoms. The maximum Gasteiger partial charge on any atom is 0.152 e. The largest absolute Gasteiger partial charge is 0.331 e. The lowest BCUT2D eigenvalue weighted by molar-refractivity contribution is 0.382. The van der Waals surface area contributed by atoms with Crippen molar-refractivity contribution >= 4 is 17.7 Å². The molecule has 94 valence electrons. The molecule has 1 aliphatic heterocycles. The molecule has 0 amide bonds. The molecule has 2 heterocycles. The molecule has 0 atom stereocenters. The Balaban J connectivity index is 2.38. The summed E-state index contributed by atoms with van der Waals surface area (Å²) in [4.78, 5) is 21.5. The number of hydrogen-bond acceptors (Lipinski definition) is 5. The lowest BCUT2D eigenvalue weighted by atomic mass is 10.1. The fourth-order valence-corrected chi connectivity index (χ4v) is 2.26. The number of aryl methyl sites for hydroxylation is 1. The molecule has 0 bridgehead atoms. The van der Waals surface area contributed by atoms with Crippen molar-refractivity contribution in [1.29, 1.82) is 5.26 Å². The molecule has 1 fully saturated rings. The van der Waals surface area contributed by atoms with Crippen LogP contribution in [0.1, 0.15) is 25.6 Å². The Morgan fingerprint density at radius 2 is 2.21 bits per heavy atom. The molecule has 5 nitrogen and oxygen atoms in total. The number of allylic oxidation sites excluding steroid dienone is 1. The van der Waals surface area contributed by atoms with Crippen LogP contribution >= 0.6 is 0 Å². The van der Waals surface area contributed by atoms with E-state index >= 15 is 0 Å². The first kappa shape index (κ1) is 11.6. The molecule has 1 aliphatic carbocycles. The van der Waals surface area contributed by atoms with Gasteiger partial charge in [0.15, 0.2) is 5.94 Å². The van der Waals surface area contributed by atoms with Crippen LogP contribution in [0.5, 0.6) is 0 Å². The highest BCUT2D eigenvalue weighted by atomic mass is 16.1. The zero-order chi connectivity index (χ0) is 13.6. The minimum Gasteiger partial charge on any atom is -0.331 e. The number of aromatic nitrogens is 2. The second kappa shape index (κ2) is 3.78. The topological polar surface area (TPSA) is 69.9 Å². The third kappa shape index (κ3) is 1.66. The molecule has 2 aliphatic rings. The fraction of sp³-hybridized carbons (Fsp3) is 0.357. The van der Waals surface area contributed by atoms with Crippen molar-refractivity contribution in [2.45, 2.75) is 32.2 Å². The van der Waals surface area contributed by atoms with Crippen LogP contribution < -0.4 is 10.6 Å². The highest BCUT2D eigenvalue weighted by Gasteiger charge is 2.45. The smallest absolute Gasteiger partial charge is 0.152 e. The van der Waals surface area contributed by atoms with Crippen LogP contribution in [-0.4, -0.2) is 26.3 Å². The van der Waals surface area contributed by atoms with Crippen molar-refractivity contribution in [3.63, 3.8) is 0 Å². The third-order valence-corrected chi connectivity index (χ3v) is 3.68. The molecule has 0 aromatic carbocycles. The summed E-state index contributed by atoms with van der Waals surface area (Å²) in [6.07, 6.45) is 5.53. The fourth-order valence-electron chi connectivity index (χ4n) is 2.26. The number of rotatable bonds is 1. The first-order valence-electron chi connectivity index (χ1n) is 6.10. The molecule has 0 spiro atoms. The van der Waals surface area contributed by atoms with Crippen molar-refractivity contribution in [1.82, 2.24) is 14.9 Å². The van der Waals surface area contributed by atoms with Gasteiger partial charge in [-0.25, -0.2) is 14.8 Å². The standard InChI is InChI=1S/C14H12N4O/c1-9-16-6-10-7-18(14(2)3-4-14)12(8-19)11(5-15)13(10)17-9/h6-7H,3-4H2,1-2H3. The van der Waals surface area contributed by atoms with Crippen LogP contribution in [0.2, 0.25) is 0 Å². The minimum atomic E-state index is -0.0859. The first-order valence-corrected chi connectivity index (χ1v) is 6.10. The Bertz CT molecular complexity index is 777.